The lowest BCUT2D eigenvalue weighted by molar-refractivity contribution is 0.0705. The van der Waals surface area contributed by atoms with Gasteiger partial charge in [0.2, 0.25) is 0 Å². The maximum absolute atomic E-state index is 12.6. The molecular formula is C18H19N5O2S. The summed E-state index contributed by atoms with van der Waals surface area (Å²) in [6.45, 7) is 1.27. The fraction of sp³-hybridized carbons (Fsp3) is 0.333. The monoisotopic (exact) mass is 369 g/mol. The lowest BCUT2D eigenvalue weighted by atomic mass is 9.87. The van der Waals surface area contributed by atoms with E-state index < -0.39 is 5.91 Å². The Morgan fingerprint density at radius 3 is 2.69 bits per heavy atom. The van der Waals surface area contributed by atoms with Crippen molar-refractivity contribution in [2.45, 2.75) is 18.8 Å². The van der Waals surface area contributed by atoms with Crippen molar-refractivity contribution in [2.24, 2.45) is 12.8 Å². The van der Waals surface area contributed by atoms with Crippen molar-refractivity contribution in [3.63, 3.8) is 0 Å². The molecule has 0 aromatic carbocycles. The summed E-state index contributed by atoms with van der Waals surface area (Å²) >= 11 is 1.35. The number of aromatic nitrogens is 3. The van der Waals surface area contributed by atoms with Crippen LogP contribution < -0.4 is 5.73 Å². The van der Waals surface area contributed by atoms with E-state index in [-0.39, 0.29) is 11.8 Å². The maximum Gasteiger partial charge on any atom is 0.274 e. The molecule has 4 rings (SSSR count). The Hall–Kier alpha value is -2.74. The Morgan fingerprint density at radius 2 is 2.04 bits per heavy atom. The normalized spacial score (nSPS) is 15.5. The van der Waals surface area contributed by atoms with Crippen LogP contribution in [-0.4, -0.2) is 44.6 Å². The number of pyridine rings is 1. The molecule has 0 unspecified atom stereocenters. The minimum atomic E-state index is -0.407. The third kappa shape index (κ3) is 2.86. The van der Waals surface area contributed by atoms with E-state index in [0.717, 1.165) is 28.6 Å². The zero-order valence-electron chi connectivity index (χ0n) is 14.4. The first-order valence-electron chi connectivity index (χ1n) is 8.50. The first-order chi connectivity index (χ1) is 12.5. The van der Waals surface area contributed by atoms with Gasteiger partial charge in [-0.25, -0.2) is 4.98 Å². The van der Waals surface area contributed by atoms with Gasteiger partial charge in [-0.15, -0.1) is 11.3 Å². The van der Waals surface area contributed by atoms with Crippen LogP contribution in [0.3, 0.4) is 0 Å². The summed E-state index contributed by atoms with van der Waals surface area (Å²) in [7, 11) is 1.80. The van der Waals surface area contributed by atoms with Crippen molar-refractivity contribution in [1.29, 1.82) is 0 Å². The second kappa shape index (κ2) is 6.53. The number of nitrogens with zero attached hydrogens (tertiary/aromatic N) is 4. The van der Waals surface area contributed by atoms with Crippen molar-refractivity contribution in [1.82, 2.24) is 19.7 Å². The average molecular weight is 369 g/mol. The number of likely N-dealkylation sites (tertiary alicyclic amines) is 1. The number of thiophene rings is 1. The smallest absolute Gasteiger partial charge is 0.274 e. The van der Waals surface area contributed by atoms with Crippen LogP contribution in [0.1, 0.15) is 44.5 Å². The molecular weight excluding hydrogens is 350 g/mol. The molecule has 8 heteroatoms. The number of nitrogens with two attached hydrogens (primary N) is 1. The van der Waals surface area contributed by atoms with Crippen LogP contribution in [0, 0.1) is 0 Å². The third-order valence-electron chi connectivity index (χ3n) is 4.85. The quantitative estimate of drug-likeness (QED) is 0.765. The lowest BCUT2D eigenvalue weighted by Crippen LogP contribution is -2.38. The number of carbonyl (C=O) groups excluding carboxylic acids is 2. The van der Waals surface area contributed by atoms with Crippen molar-refractivity contribution in [3.05, 3.63) is 46.7 Å². The largest absolute Gasteiger partial charge is 0.365 e. The van der Waals surface area contributed by atoms with Gasteiger partial charge in [0, 0.05) is 37.9 Å². The van der Waals surface area contributed by atoms with Crippen molar-refractivity contribution in [2.75, 3.05) is 13.1 Å². The minimum Gasteiger partial charge on any atom is -0.365 e. The summed E-state index contributed by atoms with van der Waals surface area (Å²) in [5.41, 5.74) is 7.07. The highest BCUT2D eigenvalue weighted by molar-refractivity contribution is 7.20. The second-order valence-electron chi connectivity index (χ2n) is 6.51. The lowest BCUT2D eigenvalue weighted by Gasteiger charge is -2.32. The first kappa shape index (κ1) is 16.7. The fourth-order valence-electron chi connectivity index (χ4n) is 3.60. The second-order valence-corrected chi connectivity index (χ2v) is 7.51. The van der Waals surface area contributed by atoms with E-state index in [1.54, 1.807) is 30.2 Å². The molecule has 0 spiro atoms. The minimum absolute atomic E-state index is 0.0454. The number of fused-ring (bicyclic) bond motifs is 1. The summed E-state index contributed by atoms with van der Waals surface area (Å²) in [5, 5.41) is 5.19. The van der Waals surface area contributed by atoms with Crippen molar-refractivity contribution >= 4 is 33.4 Å². The fourth-order valence-corrected chi connectivity index (χ4v) is 4.68. The molecule has 134 valence electrons. The molecule has 1 fully saturated rings. The summed E-state index contributed by atoms with van der Waals surface area (Å²) in [4.78, 5) is 32.1. The van der Waals surface area contributed by atoms with E-state index >= 15 is 0 Å². The number of aryl methyl sites for hydroxylation is 1. The van der Waals surface area contributed by atoms with Gasteiger partial charge in [-0.1, -0.05) is 6.07 Å². The number of piperidine rings is 1. The van der Waals surface area contributed by atoms with Crippen molar-refractivity contribution in [3.8, 4) is 0 Å². The summed E-state index contributed by atoms with van der Waals surface area (Å²) in [5.74, 6) is -0.255. The molecule has 0 bridgehead atoms. The van der Waals surface area contributed by atoms with Crippen LogP contribution in [0.2, 0.25) is 0 Å². The molecule has 0 aliphatic carbocycles. The Kier molecular flexibility index (Phi) is 4.20. The van der Waals surface area contributed by atoms with Gasteiger partial charge in [-0.3, -0.25) is 14.3 Å². The Bertz CT molecular complexity index is 985. The summed E-state index contributed by atoms with van der Waals surface area (Å²) in [6, 6.07) is 5.60. The Balaban J connectivity index is 1.57. The molecule has 26 heavy (non-hydrogen) atoms. The van der Waals surface area contributed by atoms with Crippen LogP contribution in [0.15, 0.2) is 30.6 Å². The molecule has 7 nitrogen and oxygen atoms in total. The van der Waals surface area contributed by atoms with Gasteiger partial charge in [0.15, 0.2) is 0 Å². The molecule has 3 aromatic heterocycles. The van der Waals surface area contributed by atoms with Crippen LogP contribution >= 0.6 is 11.3 Å². The molecule has 1 aliphatic heterocycles. The number of hydrogen-bond acceptors (Lipinski definition) is 5. The van der Waals surface area contributed by atoms with E-state index in [1.807, 2.05) is 17.0 Å². The van der Waals surface area contributed by atoms with Gasteiger partial charge in [0.05, 0.1) is 4.88 Å². The molecule has 3 aromatic rings. The van der Waals surface area contributed by atoms with Gasteiger partial charge in [-0.2, -0.15) is 5.10 Å². The first-order valence-corrected chi connectivity index (χ1v) is 9.32. The molecule has 0 radical (unpaired) electrons. The van der Waals surface area contributed by atoms with Gasteiger partial charge < -0.3 is 10.6 Å². The highest BCUT2D eigenvalue weighted by Gasteiger charge is 2.30. The molecule has 1 aliphatic rings. The zero-order valence-corrected chi connectivity index (χ0v) is 15.2. The van der Waals surface area contributed by atoms with E-state index in [0.29, 0.717) is 23.7 Å². The summed E-state index contributed by atoms with van der Waals surface area (Å²) < 4.78 is 1.63. The predicted molar refractivity (Wildman–Crippen MR) is 99.2 cm³/mol. The standard InChI is InChI=1S/C18H19N5O2S/c1-22-8-6-13(21-22)18(25)23-9-4-11(5-10-23)14-12-3-2-7-20-17(12)26-15(14)16(19)24/h2-3,6-8,11H,4-5,9-10H2,1H3,(H2,19,24). The Labute approximate surface area is 154 Å². The SMILES string of the molecule is Cn1ccc(C(=O)N2CCC(c3c(C(N)=O)sc4ncccc34)CC2)n1. The van der Waals surface area contributed by atoms with E-state index in [2.05, 4.69) is 10.1 Å². The predicted octanol–water partition coefficient (Wildman–Crippen LogP) is 2.15. The third-order valence-corrected chi connectivity index (χ3v) is 6.00. The van der Waals surface area contributed by atoms with Gasteiger partial charge in [0.1, 0.15) is 10.5 Å². The number of primary amides is 1. The van der Waals surface area contributed by atoms with Crippen LogP contribution in [0.4, 0.5) is 0 Å². The Morgan fingerprint density at radius 1 is 1.27 bits per heavy atom. The molecule has 2 N–H and O–H groups in total. The molecule has 4 heterocycles. The highest BCUT2D eigenvalue weighted by atomic mass is 32.1. The van der Waals surface area contributed by atoms with Crippen LogP contribution in [0.25, 0.3) is 10.2 Å². The van der Waals surface area contributed by atoms with Crippen LogP contribution in [-0.2, 0) is 7.05 Å². The number of hydrogen-bond donors (Lipinski definition) is 1. The number of rotatable bonds is 3. The number of carbonyl (C=O) groups is 2. The van der Waals surface area contributed by atoms with E-state index in [4.69, 9.17) is 5.73 Å². The van der Waals surface area contributed by atoms with Gasteiger partial charge in [0.25, 0.3) is 11.8 Å². The highest BCUT2D eigenvalue weighted by Crippen LogP contribution is 2.39. The molecule has 0 atom stereocenters. The van der Waals surface area contributed by atoms with Crippen molar-refractivity contribution < 1.29 is 9.59 Å². The van der Waals surface area contributed by atoms with Gasteiger partial charge in [-0.05, 0) is 36.5 Å². The topological polar surface area (TPSA) is 94.1 Å². The summed E-state index contributed by atoms with van der Waals surface area (Å²) in [6.07, 6.45) is 5.07. The maximum atomic E-state index is 12.6. The van der Waals surface area contributed by atoms with Gasteiger partial charge >= 0.3 is 0 Å². The zero-order chi connectivity index (χ0) is 18.3. The van der Waals surface area contributed by atoms with E-state index in [1.165, 1.54) is 11.3 Å². The molecule has 0 saturated carbocycles. The van der Waals surface area contributed by atoms with Crippen LogP contribution in [0.5, 0.6) is 0 Å². The van der Waals surface area contributed by atoms with E-state index in [9.17, 15) is 9.59 Å². The number of amides is 2. The molecule has 2 amide bonds. The molecule has 1 saturated heterocycles. The average Bonchev–Trinajstić information content (AvgIpc) is 3.25.